The summed E-state index contributed by atoms with van der Waals surface area (Å²) >= 11 is 0. The third kappa shape index (κ3) is 5.23. The molecule has 3 atom stereocenters. The molecule has 3 unspecified atom stereocenters. The van der Waals surface area contributed by atoms with E-state index in [4.69, 9.17) is 14.2 Å². The Labute approximate surface area is 226 Å². The minimum Gasteiger partial charge on any atom is -0.490 e. The Morgan fingerprint density at radius 1 is 1.03 bits per heavy atom. The maximum Gasteiger partial charge on any atom is 0.411 e. The van der Waals surface area contributed by atoms with Crippen molar-refractivity contribution in [3.8, 4) is 5.75 Å². The molecule has 2 aromatic carbocycles. The Morgan fingerprint density at radius 3 is 2.39 bits per heavy atom. The van der Waals surface area contributed by atoms with E-state index < -0.39 is 0 Å². The summed E-state index contributed by atoms with van der Waals surface area (Å²) < 4.78 is 17.5. The van der Waals surface area contributed by atoms with Gasteiger partial charge in [0.1, 0.15) is 18.0 Å². The molecule has 7 heteroatoms. The number of hydrogen-bond donors (Lipinski definition) is 1. The number of hydrogen-bond acceptors (Lipinski definition) is 6. The second-order valence-electron chi connectivity index (χ2n) is 11.7. The van der Waals surface area contributed by atoms with Crippen molar-refractivity contribution in [3.05, 3.63) is 53.6 Å². The highest BCUT2D eigenvalue weighted by Crippen LogP contribution is 2.54. The lowest BCUT2D eigenvalue weighted by atomic mass is 9.88. The van der Waals surface area contributed by atoms with Crippen molar-refractivity contribution in [1.29, 1.82) is 0 Å². The first-order chi connectivity index (χ1) is 18.5. The number of nitrogens with zero attached hydrogens (tertiary/aromatic N) is 2. The van der Waals surface area contributed by atoms with Crippen molar-refractivity contribution in [2.24, 2.45) is 5.92 Å². The van der Waals surface area contributed by atoms with Gasteiger partial charge in [0.2, 0.25) is 0 Å². The van der Waals surface area contributed by atoms with Gasteiger partial charge in [-0.25, -0.2) is 4.79 Å². The quantitative estimate of drug-likeness (QED) is 0.441. The Kier molecular flexibility index (Phi) is 7.23. The van der Waals surface area contributed by atoms with E-state index in [-0.39, 0.29) is 30.4 Å². The second kappa shape index (κ2) is 10.8. The molecule has 0 bridgehead atoms. The number of amides is 1. The Morgan fingerprint density at radius 2 is 1.76 bits per heavy atom. The molecule has 2 aliphatic carbocycles. The predicted octanol–water partition coefficient (Wildman–Crippen LogP) is 6.31. The summed E-state index contributed by atoms with van der Waals surface area (Å²) in [6.45, 7) is 3.53. The molecule has 7 nitrogen and oxygen atoms in total. The Hall–Kier alpha value is -2.77. The summed E-state index contributed by atoms with van der Waals surface area (Å²) in [5, 5.41) is 2.92. The van der Waals surface area contributed by atoms with Crippen molar-refractivity contribution in [2.45, 2.75) is 82.2 Å². The molecule has 1 N–H and O–H groups in total. The van der Waals surface area contributed by atoms with Crippen LogP contribution in [-0.2, 0) is 9.47 Å². The summed E-state index contributed by atoms with van der Waals surface area (Å²) in [5.74, 6) is 1.48. The number of benzene rings is 2. The van der Waals surface area contributed by atoms with E-state index in [1.165, 1.54) is 36.1 Å². The van der Waals surface area contributed by atoms with Gasteiger partial charge in [-0.1, -0.05) is 18.2 Å². The molecule has 204 valence electrons. The first-order valence-electron chi connectivity index (χ1n) is 14.4. The number of rotatable bonds is 8. The summed E-state index contributed by atoms with van der Waals surface area (Å²) in [5.41, 5.74) is 4.67. The lowest BCUT2D eigenvalue weighted by Gasteiger charge is -2.43. The molecule has 0 radical (unpaired) electrons. The van der Waals surface area contributed by atoms with Crippen LogP contribution >= 0.6 is 0 Å². The second-order valence-corrected chi connectivity index (χ2v) is 11.7. The van der Waals surface area contributed by atoms with Crippen LogP contribution in [0.15, 0.2) is 42.5 Å². The highest BCUT2D eigenvalue weighted by molar-refractivity contribution is 5.84. The molecule has 2 saturated carbocycles. The molecular formula is C31H41N3O4. The molecule has 3 fully saturated rings. The van der Waals surface area contributed by atoms with Gasteiger partial charge in [-0.05, 0) is 88.4 Å². The van der Waals surface area contributed by atoms with Crippen molar-refractivity contribution < 1.29 is 19.0 Å². The number of carbonyl (C=O) groups excluding carboxylic acids is 1. The first kappa shape index (κ1) is 25.5. The van der Waals surface area contributed by atoms with Crippen LogP contribution in [0.5, 0.6) is 5.75 Å². The van der Waals surface area contributed by atoms with Gasteiger partial charge < -0.3 is 24.0 Å². The SMILES string of the molecule is CC(OC(=O)Nc1ccc(C2C(N(C)C)c3ccc(OC4CCOCC4)cc3N2C2CCC2)cc1)C1CC1. The van der Waals surface area contributed by atoms with Crippen LogP contribution in [0, 0.1) is 5.92 Å². The summed E-state index contributed by atoms with van der Waals surface area (Å²) in [7, 11) is 4.34. The number of ether oxygens (including phenoxy) is 3. The fraction of sp³-hybridized carbons (Fsp3) is 0.581. The van der Waals surface area contributed by atoms with Crippen LogP contribution in [0.4, 0.5) is 16.2 Å². The third-order valence-electron chi connectivity index (χ3n) is 8.77. The first-order valence-corrected chi connectivity index (χ1v) is 14.4. The summed E-state index contributed by atoms with van der Waals surface area (Å²) in [6, 6.07) is 16.0. The summed E-state index contributed by atoms with van der Waals surface area (Å²) in [6.07, 6.45) is 7.73. The van der Waals surface area contributed by atoms with Crippen molar-refractivity contribution in [3.63, 3.8) is 0 Å². The van der Waals surface area contributed by atoms with Crippen molar-refractivity contribution >= 4 is 17.5 Å². The maximum atomic E-state index is 12.4. The molecule has 2 aliphatic heterocycles. The van der Waals surface area contributed by atoms with Crippen molar-refractivity contribution in [2.75, 3.05) is 37.5 Å². The highest BCUT2D eigenvalue weighted by Gasteiger charge is 2.45. The van der Waals surface area contributed by atoms with E-state index in [2.05, 4.69) is 59.5 Å². The smallest absolute Gasteiger partial charge is 0.411 e. The van der Waals surface area contributed by atoms with Gasteiger partial charge >= 0.3 is 6.09 Å². The van der Waals surface area contributed by atoms with Crippen molar-refractivity contribution in [1.82, 2.24) is 4.90 Å². The average molecular weight is 520 g/mol. The summed E-state index contributed by atoms with van der Waals surface area (Å²) in [4.78, 5) is 17.4. The normalized spacial score (nSPS) is 24.6. The van der Waals surface area contributed by atoms with Gasteiger partial charge in [0.15, 0.2) is 0 Å². The minimum atomic E-state index is -0.371. The zero-order chi connectivity index (χ0) is 26.2. The van der Waals surface area contributed by atoms with E-state index in [0.29, 0.717) is 12.0 Å². The monoisotopic (exact) mass is 519 g/mol. The number of fused-ring (bicyclic) bond motifs is 1. The van der Waals surface area contributed by atoms with Crippen LogP contribution in [0.2, 0.25) is 0 Å². The third-order valence-corrected chi connectivity index (χ3v) is 8.77. The van der Waals surface area contributed by atoms with Crippen LogP contribution in [0.1, 0.15) is 75.1 Å². The number of likely N-dealkylation sites (N-methyl/N-ethyl adjacent to an activating group) is 1. The van der Waals surface area contributed by atoms with Gasteiger partial charge in [-0.15, -0.1) is 0 Å². The van der Waals surface area contributed by atoms with Crippen LogP contribution in [0.3, 0.4) is 0 Å². The minimum absolute atomic E-state index is 0.0246. The highest BCUT2D eigenvalue weighted by atomic mass is 16.6. The van der Waals surface area contributed by atoms with E-state index in [9.17, 15) is 4.79 Å². The molecule has 2 heterocycles. The van der Waals surface area contributed by atoms with E-state index in [1.54, 1.807) is 0 Å². The molecule has 38 heavy (non-hydrogen) atoms. The zero-order valence-corrected chi connectivity index (χ0v) is 22.9. The molecule has 4 aliphatic rings. The average Bonchev–Trinajstić information content (AvgIpc) is 3.68. The molecule has 0 aromatic heterocycles. The molecule has 1 amide bonds. The van der Waals surface area contributed by atoms with Crippen LogP contribution in [-0.4, -0.2) is 56.6 Å². The molecule has 0 spiro atoms. The molecule has 6 rings (SSSR count). The molecule has 2 aromatic rings. The lowest BCUT2D eigenvalue weighted by Crippen LogP contribution is -2.43. The van der Waals surface area contributed by atoms with Crippen LogP contribution in [0.25, 0.3) is 0 Å². The van der Waals surface area contributed by atoms with E-state index in [1.807, 2.05) is 19.1 Å². The maximum absolute atomic E-state index is 12.4. The largest absolute Gasteiger partial charge is 0.490 e. The van der Waals surface area contributed by atoms with Gasteiger partial charge in [0.25, 0.3) is 0 Å². The number of carbonyl (C=O) groups is 1. The predicted molar refractivity (Wildman–Crippen MR) is 149 cm³/mol. The Balaban J connectivity index is 1.24. The van der Waals surface area contributed by atoms with Gasteiger partial charge in [0, 0.05) is 36.3 Å². The van der Waals surface area contributed by atoms with Gasteiger partial charge in [-0.2, -0.15) is 0 Å². The fourth-order valence-corrected chi connectivity index (χ4v) is 6.26. The fourth-order valence-electron chi connectivity index (χ4n) is 6.26. The topological polar surface area (TPSA) is 63.3 Å². The molecule has 1 saturated heterocycles. The van der Waals surface area contributed by atoms with E-state index >= 15 is 0 Å². The standard InChI is InChI=1S/C31H41N3O4/c1-20(21-7-8-21)37-31(35)32-23-11-9-22(10-12-23)29-30(33(2)3)27-14-13-26(38-25-15-17-36-18-16-25)19-28(27)34(29)24-5-4-6-24/h9-14,19-21,24-25,29-30H,4-8,15-18H2,1-3H3,(H,32,35). The molecular weight excluding hydrogens is 478 g/mol. The number of anilines is 2. The zero-order valence-electron chi connectivity index (χ0n) is 22.9. The Bertz CT molecular complexity index is 1120. The number of nitrogens with one attached hydrogen (secondary N) is 1. The lowest BCUT2D eigenvalue weighted by molar-refractivity contribution is 0.0256. The van der Waals surface area contributed by atoms with E-state index in [0.717, 1.165) is 50.3 Å². The van der Waals surface area contributed by atoms with Gasteiger partial charge in [-0.3, -0.25) is 5.32 Å². The van der Waals surface area contributed by atoms with Gasteiger partial charge in [0.05, 0.1) is 25.3 Å². The van der Waals surface area contributed by atoms with Crippen LogP contribution < -0.4 is 15.0 Å².